The number of pyridine rings is 2. The lowest BCUT2D eigenvalue weighted by Gasteiger charge is -2.12. The van der Waals surface area contributed by atoms with Gasteiger partial charge >= 0.3 is 0 Å². The molecule has 20 heavy (non-hydrogen) atoms. The molecule has 3 heteroatoms. The van der Waals surface area contributed by atoms with Crippen LogP contribution in [0.15, 0.2) is 55.0 Å². The quantitative estimate of drug-likeness (QED) is 0.696. The van der Waals surface area contributed by atoms with Gasteiger partial charge in [0.2, 0.25) is 0 Å². The maximum absolute atomic E-state index is 5.98. The highest BCUT2D eigenvalue weighted by molar-refractivity contribution is 5.85. The molecule has 0 aliphatic carbocycles. The molecule has 3 aromatic rings. The summed E-state index contributed by atoms with van der Waals surface area (Å²) in [6.07, 6.45) is 5.23. The first kappa shape index (κ1) is 12.6. The number of nitrogens with zero attached hydrogens (tertiary/aromatic N) is 2. The van der Waals surface area contributed by atoms with Crippen LogP contribution in [-0.2, 0) is 0 Å². The van der Waals surface area contributed by atoms with E-state index in [1.807, 2.05) is 18.2 Å². The molecule has 2 heterocycles. The molecule has 1 aromatic carbocycles. The molecule has 0 amide bonds. The number of aromatic nitrogens is 2. The Morgan fingerprint density at radius 2 is 1.80 bits per heavy atom. The zero-order valence-electron chi connectivity index (χ0n) is 11.6. The van der Waals surface area contributed by atoms with Crippen LogP contribution < -0.4 is 4.74 Å². The third-order valence-corrected chi connectivity index (χ3v) is 3.24. The van der Waals surface area contributed by atoms with Gasteiger partial charge in [-0.1, -0.05) is 19.9 Å². The van der Waals surface area contributed by atoms with Gasteiger partial charge in [-0.15, -0.1) is 0 Å². The van der Waals surface area contributed by atoms with Crippen molar-refractivity contribution in [2.24, 2.45) is 0 Å². The fourth-order valence-electron chi connectivity index (χ4n) is 2.13. The highest BCUT2D eigenvalue weighted by atomic mass is 16.5. The van der Waals surface area contributed by atoms with Crippen molar-refractivity contribution in [1.29, 1.82) is 0 Å². The predicted molar refractivity (Wildman–Crippen MR) is 80.1 cm³/mol. The Kier molecular flexibility index (Phi) is 3.33. The third kappa shape index (κ3) is 2.48. The Morgan fingerprint density at radius 3 is 2.55 bits per heavy atom. The van der Waals surface area contributed by atoms with Gasteiger partial charge in [-0.3, -0.25) is 9.97 Å². The van der Waals surface area contributed by atoms with Crippen LogP contribution in [0, 0.1) is 0 Å². The van der Waals surface area contributed by atoms with E-state index in [1.54, 1.807) is 18.6 Å². The molecule has 100 valence electrons. The Morgan fingerprint density at radius 1 is 1.00 bits per heavy atom. The highest BCUT2D eigenvalue weighted by Crippen LogP contribution is 2.32. The summed E-state index contributed by atoms with van der Waals surface area (Å²) in [6, 6.07) is 11.9. The summed E-state index contributed by atoms with van der Waals surface area (Å²) >= 11 is 0. The summed E-state index contributed by atoms with van der Waals surface area (Å²) in [5.74, 6) is 2.00. The van der Waals surface area contributed by atoms with Gasteiger partial charge in [0.15, 0.2) is 5.75 Å². The standard InChI is InChI=1S/C17H16N2O/c1-12(2)14-10-13-4-3-7-19-17(13)16(11-14)20-15-5-8-18-9-6-15/h3-12H,1-2H3. The van der Waals surface area contributed by atoms with Crippen LogP contribution in [0.2, 0.25) is 0 Å². The van der Waals surface area contributed by atoms with Crippen LogP contribution in [0.5, 0.6) is 11.5 Å². The number of hydrogen-bond acceptors (Lipinski definition) is 3. The number of benzene rings is 1. The summed E-state index contributed by atoms with van der Waals surface area (Å²) in [4.78, 5) is 8.44. The van der Waals surface area contributed by atoms with Crippen molar-refractivity contribution in [2.45, 2.75) is 19.8 Å². The highest BCUT2D eigenvalue weighted by Gasteiger charge is 2.09. The van der Waals surface area contributed by atoms with Gasteiger partial charge in [0.1, 0.15) is 11.3 Å². The maximum atomic E-state index is 5.98. The molecule has 0 N–H and O–H groups in total. The van der Waals surface area contributed by atoms with Crippen LogP contribution in [-0.4, -0.2) is 9.97 Å². The molecule has 0 fully saturated rings. The lowest BCUT2D eigenvalue weighted by atomic mass is 10.0. The van der Waals surface area contributed by atoms with Crippen molar-refractivity contribution in [1.82, 2.24) is 9.97 Å². The zero-order valence-corrected chi connectivity index (χ0v) is 11.6. The van der Waals surface area contributed by atoms with E-state index in [1.165, 1.54) is 5.56 Å². The molecule has 0 bridgehead atoms. The van der Waals surface area contributed by atoms with Gasteiger partial charge < -0.3 is 4.74 Å². The van der Waals surface area contributed by atoms with Gasteiger partial charge in [0.25, 0.3) is 0 Å². The van der Waals surface area contributed by atoms with Gasteiger partial charge in [0.05, 0.1) is 0 Å². The van der Waals surface area contributed by atoms with E-state index in [0.717, 1.165) is 22.4 Å². The first-order chi connectivity index (χ1) is 9.74. The number of fused-ring (bicyclic) bond motifs is 1. The van der Waals surface area contributed by atoms with Crippen molar-refractivity contribution < 1.29 is 4.74 Å². The van der Waals surface area contributed by atoms with Crippen molar-refractivity contribution in [3.05, 3.63) is 60.6 Å². The minimum Gasteiger partial charge on any atom is -0.455 e. The molecule has 3 rings (SSSR count). The summed E-state index contributed by atoms with van der Waals surface area (Å²) in [5.41, 5.74) is 2.13. The van der Waals surface area contributed by atoms with Gasteiger partial charge in [0, 0.05) is 24.0 Å². The lowest BCUT2D eigenvalue weighted by Crippen LogP contribution is -1.93. The van der Waals surface area contributed by atoms with Crippen molar-refractivity contribution >= 4 is 10.9 Å². The SMILES string of the molecule is CC(C)c1cc(Oc2ccncc2)c2ncccc2c1. The molecule has 2 aromatic heterocycles. The van der Waals surface area contributed by atoms with Gasteiger partial charge in [-0.25, -0.2) is 0 Å². The molecule has 3 nitrogen and oxygen atoms in total. The van der Waals surface area contributed by atoms with Gasteiger partial charge in [-0.05, 0) is 41.8 Å². The maximum Gasteiger partial charge on any atom is 0.153 e. The number of ether oxygens (including phenoxy) is 1. The van der Waals surface area contributed by atoms with Crippen molar-refractivity contribution in [3.63, 3.8) is 0 Å². The summed E-state index contributed by atoms with van der Waals surface area (Å²) in [5, 5.41) is 1.10. The molecule has 0 radical (unpaired) electrons. The van der Waals surface area contributed by atoms with Crippen LogP contribution >= 0.6 is 0 Å². The molecular formula is C17H16N2O. The second-order valence-electron chi connectivity index (χ2n) is 5.03. The Bertz CT molecular complexity index is 723. The van der Waals surface area contributed by atoms with Crippen LogP contribution in [0.3, 0.4) is 0 Å². The van der Waals surface area contributed by atoms with E-state index in [-0.39, 0.29) is 0 Å². The number of hydrogen-bond donors (Lipinski definition) is 0. The molecule has 0 saturated heterocycles. The summed E-state index contributed by atoms with van der Waals surface area (Å²) in [6.45, 7) is 4.35. The Balaban J connectivity index is 2.12. The Hall–Kier alpha value is -2.42. The second kappa shape index (κ2) is 5.29. The largest absolute Gasteiger partial charge is 0.455 e. The minimum atomic E-state index is 0.444. The van der Waals surface area contributed by atoms with E-state index >= 15 is 0 Å². The first-order valence-corrected chi connectivity index (χ1v) is 6.70. The monoisotopic (exact) mass is 264 g/mol. The predicted octanol–water partition coefficient (Wildman–Crippen LogP) is 4.55. The topological polar surface area (TPSA) is 35.0 Å². The third-order valence-electron chi connectivity index (χ3n) is 3.24. The molecule has 0 saturated carbocycles. The average Bonchev–Trinajstić information content (AvgIpc) is 2.48. The zero-order chi connectivity index (χ0) is 13.9. The summed E-state index contributed by atoms with van der Waals surface area (Å²) < 4.78 is 5.98. The van der Waals surface area contributed by atoms with Crippen molar-refractivity contribution in [2.75, 3.05) is 0 Å². The fraction of sp³-hybridized carbons (Fsp3) is 0.176. The molecule has 0 aliphatic heterocycles. The van der Waals surface area contributed by atoms with Crippen LogP contribution in [0.25, 0.3) is 10.9 Å². The van der Waals surface area contributed by atoms with Crippen LogP contribution in [0.4, 0.5) is 0 Å². The average molecular weight is 264 g/mol. The molecule has 0 aliphatic rings. The minimum absolute atomic E-state index is 0.444. The molecule has 0 unspecified atom stereocenters. The van der Waals surface area contributed by atoms with Crippen LogP contribution in [0.1, 0.15) is 25.3 Å². The van der Waals surface area contributed by atoms with E-state index in [9.17, 15) is 0 Å². The first-order valence-electron chi connectivity index (χ1n) is 6.70. The van der Waals surface area contributed by atoms with Crippen molar-refractivity contribution in [3.8, 4) is 11.5 Å². The summed E-state index contributed by atoms with van der Waals surface area (Å²) in [7, 11) is 0. The smallest absolute Gasteiger partial charge is 0.153 e. The number of rotatable bonds is 3. The normalized spacial score (nSPS) is 10.9. The van der Waals surface area contributed by atoms with Gasteiger partial charge in [-0.2, -0.15) is 0 Å². The van der Waals surface area contributed by atoms with E-state index in [2.05, 4.69) is 42.0 Å². The van der Waals surface area contributed by atoms with E-state index in [4.69, 9.17) is 4.74 Å². The molecular weight excluding hydrogens is 248 g/mol. The lowest BCUT2D eigenvalue weighted by molar-refractivity contribution is 0.485. The van der Waals surface area contributed by atoms with E-state index < -0.39 is 0 Å². The second-order valence-corrected chi connectivity index (χ2v) is 5.03. The molecule has 0 atom stereocenters. The Labute approximate surface area is 118 Å². The molecule has 0 spiro atoms. The fourth-order valence-corrected chi connectivity index (χ4v) is 2.13. The van der Waals surface area contributed by atoms with E-state index in [0.29, 0.717) is 5.92 Å².